The lowest BCUT2D eigenvalue weighted by molar-refractivity contribution is 0.241. The Morgan fingerprint density at radius 1 is 1.05 bits per heavy atom. The van der Waals surface area contributed by atoms with E-state index >= 15 is 0 Å². The molecule has 1 atom stereocenters. The molecule has 2 N–H and O–H groups in total. The molecule has 0 spiro atoms. The molecule has 3 nitrogen and oxygen atoms in total. The molecular weight excluding hydrogens is 269 g/mol. The van der Waals surface area contributed by atoms with Gasteiger partial charge in [-0.15, -0.1) is 0 Å². The predicted octanol–water partition coefficient (Wildman–Crippen LogP) is 3.69. The summed E-state index contributed by atoms with van der Waals surface area (Å²) in [7, 11) is 0. The number of hydrogen-bond acceptors (Lipinski definition) is 3. The van der Waals surface area contributed by atoms with E-state index in [-0.39, 0.29) is 17.6 Å². The van der Waals surface area contributed by atoms with Crippen LogP contribution in [0.1, 0.15) is 24.9 Å². The van der Waals surface area contributed by atoms with Crippen LogP contribution in [-0.2, 0) is 0 Å². The Hall–Kier alpha value is -2.07. The van der Waals surface area contributed by atoms with E-state index in [4.69, 9.17) is 15.2 Å². The summed E-state index contributed by atoms with van der Waals surface area (Å²) in [6.45, 7) is 2.75. The minimum Gasteiger partial charge on any atom is -0.493 e. The van der Waals surface area contributed by atoms with Crippen LogP contribution >= 0.6 is 0 Å². The van der Waals surface area contributed by atoms with Gasteiger partial charge in [-0.25, -0.2) is 4.39 Å². The molecule has 0 aromatic heterocycles. The molecule has 2 aromatic rings. The number of ether oxygens (including phenoxy) is 2. The maximum atomic E-state index is 13.8. The fourth-order valence-corrected chi connectivity index (χ4v) is 1.87. The van der Waals surface area contributed by atoms with E-state index < -0.39 is 0 Å². The SMILES string of the molecule is CC(N)c1ccc(OCCCOc2ccccc2)c(F)c1. The monoisotopic (exact) mass is 289 g/mol. The van der Waals surface area contributed by atoms with Crippen LogP contribution in [0.5, 0.6) is 11.5 Å². The third-order valence-corrected chi connectivity index (χ3v) is 3.04. The molecule has 2 aromatic carbocycles. The van der Waals surface area contributed by atoms with Crippen LogP contribution in [-0.4, -0.2) is 13.2 Å². The van der Waals surface area contributed by atoms with Gasteiger partial charge in [-0.3, -0.25) is 0 Å². The van der Waals surface area contributed by atoms with Crippen molar-refractivity contribution in [1.82, 2.24) is 0 Å². The normalized spacial score (nSPS) is 12.0. The van der Waals surface area contributed by atoms with Crippen molar-refractivity contribution in [3.8, 4) is 11.5 Å². The molecule has 0 radical (unpaired) electrons. The average molecular weight is 289 g/mol. The van der Waals surface area contributed by atoms with Gasteiger partial charge in [0, 0.05) is 12.5 Å². The molecule has 0 saturated carbocycles. The van der Waals surface area contributed by atoms with Gasteiger partial charge in [0.15, 0.2) is 11.6 Å². The summed E-state index contributed by atoms with van der Waals surface area (Å²) in [5, 5.41) is 0. The quantitative estimate of drug-likeness (QED) is 0.791. The molecule has 1 unspecified atom stereocenters. The van der Waals surface area contributed by atoms with Gasteiger partial charge >= 0.3 is 0 Å². The molecule has 0 aliphatic carbocycles. The van der Waals surface area contributed by atoms with Gasteiger partial charge < -0.3 is 15.2 Å². The van der Waals surface area contributed by atoms with Crippen LogP contribution in [0, 0.1) is 5.82 Å². The Kier molecular flexibility index (Phi) is 5.58. The molecule has 0 bridgehead atoms. The number of rotatable bonds is 7. The van der Waals surface area contributed by atoms with Crippen molar-refractivity contribution in [2.24, 2.45) is 5.73 Å². The first-order valence-corrected chi connectivity index (χ1v) is 7.02. The van der Waals surface area contributed by atoms with Crippen molar-refractivity contribution in [2.75, 3.05) is 13.2 Å². The zero-order valence-electron chi connectivity index (χ0n) is 12.1. The van der Waals surface area contributed by atoms with Crippen LogP contribution < -0.4 is 15.2 Å². The molecule has 0 amide bonds. The molecule has 0 saturated heterocycles. The Balaban J connectivity index is 1.74. The number of benzene rings is 2. The smallest absolute Gasteiger partial charge is 0.165 e. The molecule has 21 heavy (non-hydrogen) atoms. The molecule has 0 aliphatic heterocycles. The van der Waals surface area contributed by atoms with Crippen molar-refractivity contribution in [3.63, 3.8) is 0 Å². The molecule has 0 fully saturated rings. The predicted molar refractivity (Wildman–Crippen MR) is 81.1 cm³/mol. The second kappa shape index (κ2) is 7.64. The van der Waals surface area contributed by atoms with Crippen LogP contribution in [0.2, 0.25) is 0 Å². The van der Waals surface area contributed by atoms with E-state index in [0.29, 0.717) is 19.6 Å². The average Bonchev–Trinajstić information content (AvgIpc) is 2.49. The van der Waals surface area contributed by atoms with E-state index in [0.717, 1.165) is 11.3 Å². The molecular formula is C17H20FNO2. The summed E-state index contributed by atoms with van der Waals surface area (Å²) in [5.74, 6) is 0.692. The fourth-order valence-electron chi connectivity index (χ4n) is 1.87. The number of hydrogen-bond donors (Lipinski definition) is 1. The summed E-state index contributed by atoms with van der Waals surface area (Å²) in [6, 6.07) is 14.2. The number of halogens is 1. The van der Waals surface area contributed by atoms with Gasteiger partial charge in [0.25, 0.3) is 0 Å². The maximum Gasteiger partial charge on any atom is 0.165 e. The largest absolute Gasteiger partial charge is 0.493 e. The third kappa shape index (κ3) is 4.76. The second-order valence-corrected chi connectivity index (χ2v) is 4.84. The summed E-state index contributed by atoms with van der Waals surface area (Å²) in [4.78, 5) is 0. The van der Waals surface area contributed by atoms with Crippen LogP contribution in [0.3, 0.4) is 0 Å². The number of nitrogens with two attached hydrogens (primary N) is 1. The van der Waals surface area contributed by atoms with Gasteiger partial charge in [-0.05, 0) is 36.8 Å². The van der Waals surface area contributed by atoms with Crippen molar-refractivity contribution in [3.05, 3.63) is 59.9 Å². The van der Waals surface area contributed by atoms with E-state index in [9.17, 15) is 4.39 Å². The first-order valence-electron chi connectivity index (χ1n) is 7.02. The third-order valence-electron chi connectivity index (χ3n) is 3.04. The first kappa shape index (κ1) is 15.3. The van der Waals surface area contributed by atoms with Crippen molar-refractivity contribution in [1.29, 1.82) is 0 Å². The minimum atomic E-state index is -0.381. The highest BCUT2D eigenvalue weighted by Gasteiger charge is 2.07. The summed E-state index contributed by atoms with van der Waals surface area (Å²) in [6.07, 6.45) is 0.684. The summed E-state index contributed by atoms with van der Waals surface area (Å²) in [5.41, 5.74) is 6.46. The van der Waals surface area contributed by atoms with Crippen molar-refractivity contribution in [2.45, 2.75) is 19.4 Å². The van der Waals surface area contributed by atoms with Gasteiger partial charge in [0.05, 0.1) is 13.2 Å². The van der Waals surface area contributed by atoms with Gasteiger partial charge in [0.1, 0.15) is 5.75 Å². The Morgan fingerprint density at radius 3 is 2.43 bits per heavy atom. The van der Waals surface area contributed by atoms with Gasteiger partial charge in [-0.1, -0.05) is 24.3 Å². The van der Waals surface area contributed by atoms with Crippen LogP contribution in [0.25, 0.3) is 0 Å². The summed E-state index contributed by atoms with van der Waals surface area (Å²) >= 11 is 0. The first-order chi connectivity index (χ1) is 10.2. The van der Waals surface area contributed by atoms with Crippen molar-refractivity contribution < 1.29 is 13.9 Å². The molecule has 2 rings (SSSR count). The molecule has 0 heterocycles. The maximum absolute atomic E-state index is 13.8. The number of para-hydroxylation sites is 1. The van der Waals surface area contributed by atoms with Gasteiger partial charge in [0.2, 0.25) is 0 Å². The lowest BCUT2D eigenvalue weighted by Gasteiger charge is -2.11. The lowest BCUT2D eigenvalue weighted by atomic mass is 10.1. The highest BCUT2D eigenvalue weighted by Crippen LogP contribution is 2.21. The second-order valence-electron chi connectivity index (χ2n) is 4.84. The zero-order valence-corrected chi connectivity index (χ0v) is 12.1. The standard InChI is InChI=1S/C17H20FNO2/c1-13(19)14-8-9-17(16(18)12-14)21-11-5-10-20-15-6-3-2-4-7-15/h2-4,6-9,12-13H,5,10-11,19H2,1H3. The van der Waals surface area contributed by atoms with Crippen LogP contribution in [0.4, 0.5) is 4.39 Å². The molecule has 112 valence electrons. The topological polar surface area (TPSA) is 44.5 Å². The molecule has 0 aliphatic rings. The highest BCUT2D eigenvalue weighted by atomic mass is 19.1. The summed E-state index contributed by atoms with van der Waals surface area (Å²) < 4.78 is 24.7. The Labute approximate surface area is 124 Å². The van der Waals surface area contributed by atoms with Crippen molar-refractivity contribution >= 4 is 0 Å². The van der Waals surface area contributed by atoms with E-state index in [1.54, 1.807) is 12.1 Å². The fraction of sp³-hybridized carbons (Fsp3) is 0.294. The minimum absolute atomic E-state index is 0.187. The van der Waals surface area contributed by atoms with E-state index in [1.807, 2.05) is 37.3 Å². The Bertz CT molecular complexity index is 558. The van der Waals surface area contributed by atoms with E-state index in [2.05, 4.69) is 0 Å². The van der Waals surface area contributed by atoms with Gasteiger partial charge in [-0.2, -0.15) is 0 Å². The van der Waals surface area contributed by atoms with E-state index in [1.165, 1.54) is 6.07 Å². The Morgan fingerprint density at radius 2 is 1.76 bits per heavy atom. The zero-order chi connectivity index (χ0) is 15.1. The highest BCUT2D eigenvalue weighted by molar-refractivity contribution is 5.30. The molecule has 4 heteroatoms. The van der Waals surface area contributed by atoms with Crippen LogP contribution in [0.15, 0.2) is 48.5 Å². The lowest BCUT2D eigenvalue weighted by Crippen LogP contribution is -2.08.